The Bertz CT molecular complexity index is 1200. The van der Waals surface area contributed by atoms with E-state index in [-0.39, 0.29) is 17.3 Å². The van der Waals surface area contributed by atoms with Gasteiger partial charge in [0.25, 0.3) is 0 Å². The number of para-hydroxylation sites is 1. The smallest absolute Gasteiger partial charge is 0.245 e. The van der Waals surface area contributed by atoms with E-state index in [2.05, 4.69) is 10.3 Å². The molecule has 0 saturated carbocycles. The second kappa shape index (κ2) is 8.16. The molecule has 4 rings (SSSR count). The molecule has 30 heavy (non-hydrogen) atoms. The van der Waals surface area contributed by atoms with Crippen molar-refractivity contribution >= 4 is 32.5 Å². The molecule has 2 heterocycles. The number of benzene rings is 2. The van der Waals surface area contributed by atoms with Gasteiger partial charge < -0.3 is 5.32 Å². The van der Waals surface area contributed by atoms with E-state index in [1.165, 1.54) is 4.31 Å². The minimum absolute atomic E-state index is 0.139. The molecule has 1 atom stereocenters. The quantitative estimate of drug-likeness (QED) is 0.690. The highest BCUT2D eigenvalue weighted by Crippen LogP contribution is 2.28. The number of sulfonamides is 1. The van der Waals surface area contributed by atoms with Crippen molar-refractivity contribution in [2.24, 2.45) is 5.92 Å². The third kappa shape index (κ3) is 3.95. The number of aromatic nitrogens is 1. The van der Waals surface area contributed by atoms with Crippen LogP contribution in [0.1, 0.15) is 24.0 Å². The number of rotatable bonds is 4. The van der Waals surface area contributed by atoms with E-state index in [1.807, 2.05) is 44.2 Å². The average molecular weight is 424 g/mol. The van der Waals surface area contributed by atoms with Gasteiger partial charge in [0.15, 0.2) is 0 Å². The average Bonchev–Trinajstić information content (AvgIpc) is 2.76. The maximum absolute atomic E-state index is 13.4. The largest absolute Gasteiger partial charge is 0.326 e. The number of carbonyl (C=O) groups excluding carboxylic acids is 1. The third-order valence-electron chi connectivity index (χ3n) is 5.62. The molecule has 1 unspecified atom stereocenters. The van der Waals surface area contributed by atoms with Gasteiger partial charge in [-0.15, -0.1) is 0 Å². The fourth-order valence-corrected chi connectivity index (χ4v) is 5.59. The van der Waals surface area contributed by atoms with E-state index in [0.29, 0.717) is 24.9 Å². The summed E-state index contributed by atoms with van der Waals surface area (Å²) in [7, 11) is -3.75. The minimum Gasteiger partial charge on any atom is -0.326 e. The summed E-state index contributed by atoms with van der Waals surface area (Å²) in [5, 5.41) is 3.77. The highest BCUT2D eigenvalue weighted by atomic mass is 32.2. The number of pyridine rings is 1. The third-order valence-corrected chi connectivity index (χ3v) is 7.52. The topological polar surface area (TPSA) is 79.4 Å². The summed E-state index contributed by atoms with van der Waals surface area (Å²) in [6, 6.07) is 14.7. The number of nitrogens with zero attached hydrogens (tertiary/aromatic N) is 2. The summed E-state index contributed by atoms with van der Waals surface area (Å²) in [5.74, 6) is -0.531. The van der Waals surface area contributed by atoms with Gasteiger partial charge in [-0.2, -0.15) is 4.31 Å². The normalized spacial score (nSPS) is 17.7. The van der Waals surface area contributed by atoms with Crippen molar-refractivity contribution in [2.75, 3.05) is 18.4 Å². The van der Waals surface area contributed by atoms with Gasteiger partial charge in [-0.25, -0.2) is 8.42 Å². The number of carbonyl (C=O) groups is 1. The lowest BCUT2D eigenvalue weighted by Gasteiger charge is -2.31. The number of nitrogens with one attached hydrogen (secondary N) is 1. The van der Waals surface area contributed by atoms with E-state index in [0.717, 1.165) is 22.2 Å². The molecule has 1 aromatic heterocycles. The number of amides is 1. The van der Waals surface area contributed by atoms with Crippen LogP contribution in [0.15, 0.2) is 59.6 Å². The molecule has 1 saturated heterocycles. The molecular weight excluding hydrogens is 398 g/mol. The van der Waals surface area contributed by atoms with Crippen LogP contribution in [0, 0.1) is 19.8 Å². The van der Waals surface area contributed by atoms with Crippen molar-refractivity contribution < 1.29 is 13.2 Å². The second-order valence-electron chi connectivity index (χ2n) is 7.84. The molecule has 2 aromatic carbocycles. The first-order valence-corrected chi connectivity index (χ1v) is 11.5. The predicted octanol–water partition coefficient (Wildman–Crippen LogP) is 3.89. The highest BCUT2D eigenvalue weighted by Gasteiger charge is 2.34. The maximum atomic E-state index is 13.4. The zero-order chi connectivity index (χ0) is 21.3. The van der Waals surface area contributed by atoms with Gasteiger partial charge in [-0.1, -0.05) is 30.3 Å². The monoisotopic (exact) mass is 423 g/mol. The molecule has 1 aliphatic heterocycles. The lowest BCUT2D eigenvalue weighted by Crippen LogP contribution is -2.43. The van der Waals surface area contributed by atoms with Crippen molar-refractivity contribution in [3.05, 3.63) is 65.9 Å². The SMILES string of the molecule is Cc1ccc(C)c(NC(=O)C2CCCN(S(=O)(=O)c3cccc4cccnc34)C2)c1. The lowest BCUT2D eigenvalue weighted by molar-refractivity contribution is -0.120. The molecule has 156 valence electrons. The summed E-state index contributed by atoms with van der Waals surface area (Å²) in [4.78, 5) is 17.4. The molecule has 1 aliphatic rings. The predicted molar refractivity (Wildman–Crippen MR) is 118 cm³/mol. The zero-order valence-corrected chi connectivity index (χ0v) is 17.9. The molecule has 3 aromatic rings. The minimum atomic E-state index is -3.75. The number of aryl methyl sites for hydroxylation is 2. The fourth-order valence-electron chi connectivity index (χ4n) is 3.90. The molecule has 1 fully saturated rings. The van der Waals surface area contributed by atoms with Crippen molar-refractivity contribution in [3.8, 4) is 0 Å². The van der Waals surface area contributed by atoms with Gasteiger partial charge in [0.2, 0.25) is 15.9 Å². The Labute approximate surface area is 177 Å². The summed E-state index contributed by atoms with van der Waals surface area (Å²) in [6.45, 7) is 4.49. The zero-order valence-electron chi connectivity index (χ0n) is 17.1. The molecule has 0 aliphatic carbocycles. The lowest BCUT2D eigenvalue weighted by atomic mass is 9.98. The molecule has 0 spiro atoms. The Morgan fingerprint density at radius 1 is 1.13 bits per heavy atom. The first-order valence-electron chi connectivity index (χ1n) is 10.1. The van der Waals surface area contributed by atoms with Gasteiger partial charge in [-0.3, -0.25) is 9.78 Å². The molecule has 1 amide bonds. The van der Waals surface area contributed by atoms with Crippen LogP contribution in [0.5, 0.6) is 0 Å². The number of hydrogen-bond acceptors (Lipinski definition) is 4. The van der Waals surface area contributed by atoms with E-state index in [1.54, 1.807) is 24.4 Å². The summed E-state index contributed by atoms with van der Waals surface area (Å²) >= 11 is 0. The Morgan fingerprint density at radius 2 is 1.93 bits per heavy atom. The Morgan fingerprint density at radius 3 is 2.77 bits per heavy atom. The van der Waals surface area contributed by atoms with Crippen LogP contribution in [-0.2, 0) is 14.8 Å². The Balaban J connectivity index is 1.57. The molecule has 1 N–H and O–H groups in total. The molecule has 7 heteroatoms. The van der Waals surface area contributed by atoms with Crippen LogP contribution in [0.25, 0.3) is 10.9 Å². The van der Waals surface area contributed by atoms with Gasteiger partial charge in [0, 0.05) is 30.4 Å². The van der Waals surface area contributed by atoms with Crippen molar-refractivity contribution in [1.29, 1.82) is 0 Å². The van der Waals surface area contributed by atoms with Crippen molar-refractivity contribution in [1.82, 2.24) is 9.29 Å². The number of anilines is 1. The van der Waals surface area contributed by atoms with Crippen LogP contribution in [0.2, 0.25) is 0 Å². The summed E-state index contributed by atoms with van der Waals surface area (Å²) in [6.07, 6.45) is 2.90. The van der Waals surface area contributed by atoms with Crippen molar-refractivity contribution in [3.63, 3.8) is 0 Å². The van der Waals surface area contributed by atoms with Crippen LogP contribution in [0.3, 0.4) is 0 Å². The molecule has 6 nitrogen and oxygen atoms in total. The van der Waals surface area contributed by atoms with Crippen LogP contribution in [0.4, 0.5) is 5.69 Å². The van der Waals surface area contributed by atoms with Crippen LogP contribution < -0.4 is 5.32 Å². The first-order chi connectivity index (χ1) is 14.4. The molecular formula is C23H25N3O3S. The standard InChI is InChI=1S/C23H25N3O3S/c1-16-10-11-17(2)20(14-16)25-23(27)19-8-5-13-26(15-19)30(28,29)21-9-3-6-18-7-4-12-24-22(18)21/h3-4,6-7,9-12,14,19H,5,8,13,15H2,1-2H3,(H,25,27). The van der Waals surface area contributed by atoms with E-state index in [4.69, 9.17) is 0 Å². The second-order valence-corrected chi connectivity index (χ2v) is 9.75. The first kappa shape index (κ1) is 20.5. The van der Waals surface area contributed by atoms with E-state index >= 15 is 0 Å². The van der Waals surface area contributed by atoms with Crippen molar-refractivity contribution in [2.45, 2.75) is 31.6 Å². The van der Waals surface area contributed by atoms with E-state index < -0.39 is 15.9 Å². The van der Waals surface area contributed by atoms with Crippen LogP contribution >= 0.6 is 0 Å². The van der Waals surface area contributed by atoms with Crippen LogP contribution in [-0.4, -0.2) is 36.7 Å². The van der Waals surface area contributed by atoms with E-state index in [9.17, 15) is 13.2 Å². The fraction of sp³-hybridized carbons (Fsp3) is 0.304. The van der Waals surface area contributed by atoms with Gasteiger partial charge in [0.05, 0.1) is 11.4 Å². The highest BCUT2D eigenvalue weighted by molar-refractivity contribution is 7.89. The van der Waals surface area contributed by atoms with Gasteiger partial charge in [-0.05, 0) is 56.0 Å². The Hall–Kier alpha value is -2.77. The van der Waals surface area contributed by atoms with Gasteiger partial charge in [0.1, 0.15) is 4.90 Å². The summed E-state index contributed by atoms with van der Waals surface area (Å²) in [5.41, 5.74) is 3.28. The number of piperidine rings is 1. The molecule has 0 bridgehead atoms. The molecule has 0 radical (unpaired) electrons. The number of hydrogen-bond donors (Lipinski definition) is 1. The Kier molecular flexibility index (Phi) is 5.58. The maximum Gasteiger partial charge on any atom is 0.245 e. The summed E-state index contributed by atoms with van der Waals surface area (Å²) < 4.78 is 28.2. The number of fused-ring (bicyclic) bond motifs is 1. The van der Waals surface area contributed by atoms with Gasteiger partial charge >= 0.3 is 0 Å².